The minimum absolute atomic E-state index is 0.357. The molecule has 26 heavy (non-hydrogen) atoms. The summed E-state index contributed by atoms with van der Waals surface area (Å²) < 4.78 is 11.9. The van der Waals surface area contributed by atoms with Crippen molar-refractivity contribution < 1.29 is 19.1 Å². The molecule has 2 amide bonds. The highest BCUT2D eigenvalue weighted by atomic mass is 16.5. The van der Waals surface area contributed by atoms with Crippen molar-refractivity contribution in [1.82, 2.24) is 15.2 Å². The third-order valence-electron chi connectivity index (χ3n) is 4.21. The quantitative estimate of drug-likeness (QED) is 0.777. The van der Waals surface area contributed by atoms with Gasteiger partial charge in [-0.25, -0.2) is 9.59 Å². The fraction of sp³-hybridized carbons (Fsp3) is 0.368. The first-order valence-corrected chi connectivity index (χ1v) is 8.31. The van der Waals surface area contributed by atoms with Gasteiger partial charge in [-0.3, -0.25) is 0 Å². The number of methoxy groups -OCH3 is 2. The second-order valence-electron chi connectivity index (χ2n) is 6.00. The van der Waals surface area contributed by atoms with Crippen LogP contribution in [0, 0.1) is 13.8 Å². The number of urea groups is 1. The molecule has 0 radical (unpaired) electrons. The Kier molecular flexibility index (Phi) is 6.27. The first-order valence-electron chi connectivity index (χ1n) is 8.31. The minimum atomic E-state index is -0.702. The molecule has 0 spiro atoms. The van der Waals surface area contributed by atoms with E-state index in [0.717, 1.165) is 28.4 Å². The average molecular weight is 359 g/mol. The molecule has 7 nitrogen and oxygen atoms in total. The molecule has 1 heterocycles. The lowest BCUT2D eigenvalue weighted by Crippen LogP contribution is -2.44. The van der Waals surface area contributed by atoms with Crippen LogP contribution >= 0.6 is 0 Å². The number of carbonyl (C=O) groups is 2. The molecule has 2 rings (SSSR count). The number of amides is 2. The van der Waals surface area contributed by atoms with Gasteiger partial charge in [-0.2, -0.15) is 0 Å². The Morgan fingerprint density at radius 2 is 1.81 bits per heavy atom. The Morgan fingerprint density at radius 3 is 2.38 bits per heavy atom. The van der Waals surface area contributed by atoms with Gasteiger partial charge in [0.05, 0.1) is 14.2 Å². The van der Waals surface area contributed by atoms with E-state index in [-0.39, 0.29) is 0 Å². The molecule has 0 aliphatic rings. The topological polar surface area (TPSA) is 81.6 Å². The van der Waals surface area contributed by atoms with Gasteiger partial charge in [0, 0.05) is 23.6 Å². The van der Waals surface area contributed by atoms with Crippen molar-refractivity contribution in [3.8, 4) is 11.4 Å². The summed E-state index contributed by atoms with van der Waals surface area (Å²) in [5.74, 6) is 0.312. The molecule has 2 N–H and O–H groups in total. The minimum Gasteiger partial charge on any atom is -0.497 e. The molecule has 0 saturated carbocycles. The van der Waals surface area contributed by atoms with Crippen LogP contribution in [0.3, 0.4) is 0 Å². The van der Waals surface area contributed by atoms with Crippen molar-refractivity contribution in [2.75, 3.05) is 14.2 Å². The van der Waals surface area contributed by atoms with E-state index >= 15 is 0 Å². The number of nitrogens with one attached hydrogen (secondary N) is 2. The van der Waals surface area contributed by atoms with Crippen LogP contribution in [-0.4, -0.2) is 36.8 Å². The van der Waals surface area contributed by atoms with Crippen molar-refractivity contribution in [3.63, 3.8) is 0 Å². The lowest BCUT2D eigenvalue weighted by atomic mass is 10.2. The van der Waals surface area contributed by atoms with Gasteiger partial charge < -0.3 is 24.7 Å². The molecule has 1 aromatic heterocycles. The number of esters is 1. The van der Waals surface area contributed by atoms with E-state index in [4.69, 9.17) is 4.74 Å². The zero-order valence-corrected chi connectivity index (χ0v) is 15.8. The third kappa shape index (κ3) is 4.36. The molecule has 1 aromatic carbocycles. The molecular formula is C19H25N3O4. The summed E-state index contributed by atoms with van der Waals surface area (Å²) in [7, 11) is 2.92. The molecule has 0 aliphatic heterocycles. The molecule has 0 saturated heterocycles. The Balaban J connectivity index is 2.07. The zero-order chi connectivity index (χ0) is 19.3. The predicted octanol–water partition coefficient (Wildman–Crippen LogP) is 2.46. The van der Waals surface area contributed by atoms with Gasteiger partial charge in [-0.15, -0.1) is 0 Å². The van der Waals surface area contributed by atoms with Crippen LogP contribution in [0.1, 0.15) is 23.9 Å². The molecule has 0 fully saturated rings. The van der Waals surface area contributed by atoms with Crippen LogP contribution in [0.15, 0.2) is 30.3 Å². The van der Waals surface area contributed by atoms with Crippen LogP contribution in [0.25, 0.3) is 5.69 Å². The Morgan fingerprint density at radius 1 is 1.15 bits per heavy atom. The molecule has 1 atom stereocenters. The van der Waals surface area contributed by atoms with Crippen LogP contribution in [0.4, 0.5) is 4.79 Å². The number of nitrogens with zero attached hydrogens (tertiary/aromatic N) is 1. The summed E-state index contributed by atoms with van der Waals surface area (Å²) in [5.41, 5.74) is 4.12. The number of hydrogen-bond acceptors (Lipinski definition) is 4. The van der Waals surface area contributed by atoms with Crippen LogP contribution < -0.4 is 15.4 Å². The summed E-state index contributed by atoms with van der Waals surface area (Å²) >= 11 is 0. The van der Waals surface area contributed by atoms with E-state index in [9.17, 15) is 9.59 Å². The van der Waals surface area contributed by atoms with Crippen molar-refractivity contribution >= 4 is 12.0 Å². The van der Waals surface area contributed by atoms with Crippen molar-refractivity contribution in [2.45, 2.75) is 33.4 Å². The van der Waals surface area contributed by atoms with Crippen LogP contribution in [0.5, 0.6) is 5.75 Å². The summed E-state index contributed by atoms with van der Waals surface area (Å²) in [6.07, 6.45) is 0. The maximum Gasteiger partial charge on any atom is 0.328 e. The van der Waals surface area contributed by atoms with Crippen LogP contribution in [-0.2, 0) is 16.1 Å². The fourth-order valence-corrected chi connectivity index (χ4v) is 2.80. The third-order valence-corrected chi connectivity index (χ3v) is 4.21. The largest absolute Gasteiger partial charge is 0.497 e. The van der Waals surface area contributed by atoms with E-state index in [1.807, 2.05) is 44.2 Å². The Labute approximate surface area is 153 Å². The van der Waals surface area contributed by atoms with E-state index < -0.39 is 18.0 Å². The van der Waals surface area contributed by atoms with Crippen molar-refractivity contribution in [2.24, 2.45) is 0 Å². The lowest BCUT2D eigenvalue weighted by molar-refractivity contribution is -0.142. The number of aromatic nitrogens is 1. The number of benzene rings is 1. The number of ether oxygens (including phenoxy) is 2. The standard InChI is InChI=1S/C19H25N3O4/c1-12-10-15(11-20-19(24)21-13(2)18(23)26-5)14(3)22(12)16-6-8-17(25-4)9-7-16/h6-10,13H,11H2,1-5H3,(H2,20,21,24)/t13-/m0/s1. The molecule has 7 heteroatoms. The summed E-state index contributed by atoms with van der Waals surface area (Å²) in [5, 5.41) is 5.31. The van der Waals surface area contributed by atoms with E-state index in [2.05, 4.69) is 19.9 Å². The molecule has 0 unspecified atom stereocenters. The first kappa shape index (κ1) is 19.4. The second kappa shape index (κ2) is 8.42. The Hall–Kier alpha value is -2.96. The highest BCUT2D eigenvalue weighted by Gasteiger charge is 2.16. The van der Waals surface area contributed by atoms with Crippen molar-refractivity contribution in [3.05, 3.63) is 47.3 Å². The van der Waals surface area contributed by atoms with Gasteiger partial charge in [-0.1, -0.05) is 0 Å². The highest BCUT2D eigenvalue weighted by molar-refractivity contribution is 5.83. The lowest BCUT2D eigenvalue weighted by Gasteiger charge is -2.13. The van der Waals surface area contributed by atoms with Gasteiger partial charge in [0.25, 0.3) is 0 Å². The SMILES string of the molecule is COC(=O)[C@H](C)NC(=O)NCc1cc(C)n(-c2ccc(OC)cc2)c1C. The van der Waals surface area contributed by atoms with E-state index in [1.54, 1.807) is 14.0 Å². The molecule has 140 valence electrons. The number of carbonyl (C=O) groups excluding carboxylic acids is 2. The molecule has 2 aromatic rings. The van der Waals surface area contributed by atoms with Gasteiger partial charge in [0.15, 0.2) is 0 Å². The van der Waals surface area contributed by atoms with E-state index in [1.165, 1.54) is 7.11 Å². The second-order valence-corrected chi connectivity index (χ2v) is 6.00. The number of rotatable bonds is 6. The maximum atomic E-state index is 11.9. The number of hydrogen-bond donors (Lipinski definition) is 2. The zero-order valence-electron chi connectivity index (χ0n) is 15.8. The van der Waals surface area contributed by atoms with Gasteiger partial charge >= 0.3 is 12.0 Å². The number of aryl methyl sites for hydroxylation is 1. The highest BCUT2D eigenvalue weighted by Crippen LogP contribution is 2.22. The first-order chi connectivity index (χ1) is 12.4. The summed E-state index contributed by atoms with van der Waals surface area (Å²) in [4.78, 5) is 23.3. The average Bonchev–Trinajstić information content (AvgIpc) is 2.92. The molecular weight excluding hydrogens is 334 g/mol. The van der Waals surface area contributed by atoms with E-state index in [0.29, 0.717) is 6.54 Å². The maximum absolute atomic E-state index is 11.9. The monoisotopic (exact) mass is 359 g/mol. The fourth-order valence-electron chi connectivity index (χ4n) is 2.80. The van der Waals surface area contributed by atoms with Crippen LogP contribution in [0.2, 0.25) is 0 Å². The normalized spacial score (nSPS) is 11.6. The summed E-state index contributed by atoms with van der Waals surface area (Å²) in [6, 6.07) is 8.70. The van der Waals surface area contributed by atoms with Gasteiger partial charge in [0.2, 0.25) is 0 Å². The smallest absolute Gasteiger partial charge is 0.328 e. The molecule has 0 aliphatic carbocycles. The Bertz CT molecular complexity index is 781. The van der Waals surface area contributed by atoms with Gasteiger partial charge in [-0.05, 0) is 56.7 Å². The predicted molar refractivity (Wildman–Crippen MR) is 98.6 cm³/mol. The van der Waals surface area contributed by atoms with Crippen molar-refractivity contribution in [1.29, 1.82) is 0 Å². The van der Waals surface area contributed by atoms with Gasteiger partial charge in [0.1, 0.15) is 11.8 Å². The summed E-state index contributed by atoms with van der Waals surface area (Å²) in [6.45, 7) is 5.94. The molecule has 0 bridgehead atoms.